The number of hydrogen-bond acceptors (Lipinski definition) is 2. The van der Waals surface area contributed by atoms with Crippen molar-refractivity contribution < 1.29 is 9.16 Å². The summed E-state index contributed by atoms with van der Waals surface area (Å²) in [7, 11) is 0.128. The van der Waals surface area contributed by atoms with Crippen molar-refractivity contribution in [3.05, 3.63) is 29.8 Å². The van der Waals surface area contributed by atoms with Crippen molar-refractivity contribution in [3.63, 3.8) is 0 Å². The molecule has 0 aromatic heterocycles. The minimum atomic E-state index is -1.57. The fourth-order valence-corrected chi connectivity index (χ4v) is 3.98. The van der Waals surface area contributed by atoms with Gasteiger partial charge in [-0.25, -0.2) is 0 Å². The highest BCUT2D eigenvalue weighted by molar-refractivity contribution is 6.74. The fourth-order valence-electron chi connectivity index (χ4n) is 2.63. The number of alkyl halides is 1. The molecule has 1 atom stereocenters. The molecule has 0 radical (unpaired) electrons. The van der Waals surface area contributed by atoms with Crippen molar-refractivity contribution in [2.75, 3.05) is 13.7 Å². The number of unbranched alkanes of at least 4 members (excludes halogenated alkanes) is 3. The van der Waals surface area contributed by atoms with Gasteiger partial charge >= 0.3 is 0 Å². The number of benzene rings is 1. The van der Waals surface area contributed by atoms with Crippen molar-refractivity contribution in [3.8, 4) is 5.75 Å². The molecule has 1 aromatic rings. The summed E-state index contributed by atoms with van der Waals surface area (Å²) in [5.74, 6) is 0.911. The zero-order chi connectivity index (χ0) is 19.6. The van der Waals surface area contributed by atoms with Gasteiger partial charge in [-0.05, 0) is 61.5 Å². The summed E-state index contributed by atoms with van der Waals surface area (Å²) in [6.45, 7) is 12.5. The second-order valence-electron chi connectivity index (χ2n) is 8.80. The molecule has 150 valence electrons. The van der Waals surface area contributed by atoms with E-state index < -0.39 is 8.32 Å². The number of hydrogen-bond donors (Lipinski definition) is 0. The lowest BCUT2D eigenvalue weighted by Gasteiger charge is -2.36. The van der Waals surface area contributed by atoms with Gasteiger partial charge in [0.25, 0.3) is 0 Å². The van der Waals surface area contributed by atoms with Gasteiger partial charge in [0.05, 0.1) is 7.11 Å². The summed E-state index contributed by atoms with van der Waals surface area (Å²) in [6.07, 6.45) is 8.09. The standard InChI is InChI=1S/C22H39ClO2Si/c1-22(2,3)26(5,6)25-18-10-8-7-9-11-20(23)15-12-19-13-16-21(24-4)17-14-19/h13-14,16-17,20H,7-12,15,18H2,1-6H3/t20-/m0/s1. The van der Waals surface area contributed by atoms with E-state index in [9.17, 15) is 0 Å². The zero-order valence-electron chi connectivity index (χ0n) is 17.7. The van der Waals surface area contributed by atoms with Crippen LogP contribution < -0.4 is 4.74 Å². The lowest BCUT2D eigenvalue weighted by atomic mass is 10.0. The summed E-state index contributed by atoms with van der Waals surface area (Å²) in [5.41, 5.74) is 1.33. The molecule has 26 heavy (non-hydrogen) atoms. The first kappa shape index (κ1) is 23.5. The molecule has 0 heterocycles. The molecule has 0 aliphatic carbocycles. The molecule has 1 rings (SSSR count). The van der Waals surface area contributed by atoms with Crippen molar-refractivity contribution in [2.45, 2.75) is 89.2 Å². The molecule has 0 amide bonds. The number of halogens is 1. The molecular weight excluding hydrogens is 360 g/mol. The van der Waals surface area contributed by atoms with Crippen molar-refractivity contribution in [1.29, 1.82) is 0 Å². The third-order valence-electron chi connectivity index (χ3n) is 5.59. The molecule has 0 aliphatic rings. The minimum Gasteiger partial charge on any atom is -0.497 e. The van der Waals surface area contributed by atoms with Crippen molar-refractivity contribution in [2.24, 2.45) is 0 Å². The van der Waals surface area contributed by atoms with E-state index in [0.29, 0.717) is 5.04 Å². The SMILES string of the molecule is COc1ccc(CC[C@@H](Cl)CCCCCCO[Si](C)(C)C(C)(C)C)cc1. The highest BCUT2D eigenvalue weighted by Gasteiger charge is 2.36. The Bertz CT molecular complexity index is 494. The molecule has 1 aromatic carbocycles. The Hall–Kier alpha value is -0.513. The third kappa shape index (κ3) is 8.92. The van der Waals surface area contributed by atoms with Gasteiger partial charge in [-0.3, -0.25) is 0 Å². The maximum absolute atomic E-state index is 6.50. The summed E-state index contributed by atoms with van der Waals surface area (Å²) in [5, 5.41) is 0.587. The summed E-state index contributed by atoms with van der Waals surface area (Å²) >= 11 is 6.50. The van der Waals surface area contributed by atoms with E-state index in [1.54, 1.807) is 7.11 Å². The topological polar surface area (TPSA) is 18.5 Å². The summed E-state index contributed by atoms with van der Waals surface area (Å²) < 4.78 is 11.4. The first-order valence-corrected chi connectivity index (χ1v) is 13.4. The predicted octanol–water partition coefficient (Wildman–Crippen LogP) is 7.21. The van der Waals surface area contributed by atoms with Crippen LogP contribution in [0.5, 0.6) is 5.75 Å². The Labute approximate surface area is 167 Å². The Morgan fingerprint density at radius 2 is 1.58 bits per heavy atom. The lowest BCUT2D eigenvalue weighted by molar-refractivity contribution is 0.277. The van der Waals surface area contributed by atoms with Gasteiger partial charge in [0.2, 0.25) is 0 Å². The van der Waals surface area contributed by atoms with Crippen LogP contribution in [0.15, 0.2) is 24.3 Å². The Kier molecular flexibility index (Phi) is 10.3. The van der Waals surface area contributed by atoms with Crippen LogP contribution in [0.3, 0.4) is 0 Å². The van der Waals surface area contributed by atoms with E-state index in [4.69, 9.17) is 20.8 Å². The van der Waals surface area contributed by atoms with Crippen LogP contribution in [0, 0.1) is 0 Å². The number of methoxy groups -OCH3 is 1. The van der Waals surface area contributed by atoms with Crippen LogP contribution >= 0.6 is 11.6 Å². The van der Waals surface area contributed by atoms with Crippen molar-refractivity contribution in [1.82, 2.24) is 0 Å². The van der Waals surface area contributed by atoms with Gasteiger partial charge in [-0.1, -0.05) is 52.2 Å². The number of rotatable bonds is 12. The predicted molar refractivity (Wildman–Crippen MR) is 117 cm³/mol. The van der Waals surface area contributed by atoms with E-state index in [0.717, 1.165) is 31.6 Å². The van der Waals surface area contributed by atoms with E-state index in [1.165, 1.54) is 31.2 Å². The Morgan fingerprint density at radius 1 is 0.962 bits per heavy atom. The second kappa shape index (κ2) is 11.4. The van der Waals surface area contributed by atoms with Crippen LogP contribution in [-0.2, 0) is 10.8 Å². The van der Waals surface area contributed by atoms with Crippen LogP contribution in [0.25, 0.3) is 0 Å². The van der Waals surface area contributed by atoms with Gasteiger partial charge in [0.1, 0.15) is 5.75 Å². The first-order valence-electron chi connectivity index (χ1n) is 10.1. The Morgan fingerprint density at radius 3 is 2.15 bits per heavy atom. The van der Waals surface area contributed by atoms with Gasteiger partial charge < -0.3 is 9.16 Å². The molecule has 2 nitrogen and oxygen atoms in total. The van der Waals surface area contributed by atoms with Crippen LogP contribution in [0.1, 0.15) is 64.9 Å². The number of ether oxygens (including phenoxy) is 1. The highest BCUT2D eigenvalue weighted by Crippen LogP contribution is 2.36. The van der Waals surface area contributed by atoms with Gasteiger partial charge in [-0.2, -0.15) is 0 Å². The summed E-state index contributed by atoms with van der Waals surface area (Å²) in [4.78, 5) is 0. The van der Waals surface area contributed by atoms with Crippen molar-refractivity contribution >= 4 is 19.9 Å². The highest BCUT2D eigenvalue weighted by atomic mass is 35.5. The average molecular weight is 399 g/mol. The minimum absolute atomic E-state index is 0.278. The molecule has 0 saturated carbocycles. The molecular formula is C22H39ClO2Si. The lowest BCUT2D eigenvalue weighted by Crippen LogP contribution is -2.40. The van der Waals surface area contributed by atoms with E-state index in [1.807, 2.05) is 12.1 Å². The monoisotopic (exact) mass is 398 g/mol. The van der Waals surface area contributed by atoms with E-state index in [2.05, 4.69) is 46.0 Å². The average Bonchev–Trinajstić information content (AvgIpc) is 2.58. The quantitative estimate of drug-likeness (QED) is 0.210. The van der Waals surface area contributed by atoms with E-state index >= 15 is 0 Å². The number of aryl methyl sites for hydroxylation is 1. The zero-order valence-corrected chi connectivity index (χ0v) is 19.5. The molecule has 0 unspecified atom stereocenters. The normalized spacial score (nSPS) is 13.7. The first-order chi connectivity index (χ1) is 12.2. The second-order valence-corrected chi connectivity index (χ2v) is 14.2. The van der Waals surface area contributed by atoms with Gasteiger partial charge in [0, 0.05) is 12.0 Å². The maximum atomic E-state index is 6.50. The Balaban J connectivity index is 2.06. The summed E-state index contributed by atoms with van der Waals surface area (Å²) in [6, 6.07) is 8.30. The molecule has 0 spiro atoms. The van der Waals surface area contributed by atoms with E-state index in [-0.39, 0.29) is 5.38 Å². The molecule has 0 saturated heterocycles. The largest absolute Gasteiger partial charge is 0.497 e. The smallest absolute Gasteiger partial charge is 0.191 e. The molecule has 0 aliphatic heterocycles. The van der Waals surface area contributed by atoms with Crippen LogP contribution in [-0.4, -0.2) is 27.4 Å². The molecule has 0 fully saturated rings. The molecule has 0 bridgehead atoms. The molecule has 4 heteroatoms. The van der Waals surface area contributed by atoms with Crippen LogP contribution in [0.2, 0.25) is 18.1 Å². The van der Waals surface area contributed by atoms with Gasteiger partial charge in [-0.15, -0.1) is 11.6 Å². The van der Waals surface area contributed by atoms with Gasteiger partial charge in [0.15, 0.2) is 8.32 Å². The molecule has 0 N–H and O–H groups in total. The maximum Gasteiger partial charge on any atom is 0.191 e. The fraction of sp³-hybridized carbons (Fsp3) is 0.727. The van der Waals surface area contributed by atoms with Crippen LogP contribution in [0.4, 0.5) is 0 Å². The third-order valence-corrected chi connectivity index (χ3v) is 10.6.